The van der Waals surface area contributed by atoms with Crippen LogP contribution in [0, 0.1) is 19.7 Å². The lowest BCUT2D eigenvalue weighted by Gasteiger charge is -2.34. The van der Waals surface area contributed by atoms with Gasteiger partial charge in [-0.25, -0.2) is 9.37 Å². The number of halogens is 1. The lowest BCUT2D eigenvalue weighted by atomic mass is 10.1. The highest BCUT2D eigenvalue weighted by atomic mass is 32.1. The Morgan fingerprint density at radius 2 is 1.73 bits per heavy atom. The van der Waals surface area contributed by atoms with Gasteiger partial charge in [-0.05, 0) is 49.2 Å². The van der Waals surface area contributed by atoms with Crippen molar-refractivity contribution in [3.05, 3.63) is 64.8 Å². The van der Waals surface area contributed by atoms with E-state index in [0.717, 1.165) is 59.4 Å². The third-order valence-corrected chi connectivity index (χ3v) is 6.29. The summed E-state index contributed by atoms with van der Waals surface area (Å²) < 4.78 is 13.1. The number of aromatic nitrogens is 1. The molecule has 0 atom stereocenters. The van der Waals surface area contributed by atoms with Crippen molar-refractivity contribution in [3.8, 4) is 11.3 Å². The van der Waals surface area contributed by atoms with Gasteiger partial charge in [0.05, 0.1) is 12.2 Å². The molecule has 4 rings (SSSR count). The maximum atomic E-state index is 13.1. The topological polar surface area (TPSA) is 48.5 Å². The number of hydrogen-bond donors (Lipinski definition) is 1. The number of para-hydroxylation sites is 1. The molecule has 0 spiro atoms. The lowest BCUT2D eigenvalue weighted by molar-refractivity contribution is -0.117. The first-order valence-electron chi connectivity index (χ1n) is 10.0. The SMILES string of the molecule is Cc1cccc(C)c1NC(=O)CN1CCN(c2nc(-c3ccc(F)cc3)cs2)CC1. The predicted molar refractivity (Wildman–Crippen MR) is 121 cm³/mol. The molecule has 7 heteroatoms. The standard InChI is InChI=1S/C23H25FN4OS/c1-16-4-3-5-17(2)22(16)26-21(29)14-27-10-12-28(13-11-27)23-25-20(15-30-23)18-6-8-19(24)9-7-18/h3-9,15H,10-14H2,1-2H3,(H,26,29). The van der Waals surface area contributed by atoms with Crippen LogP contribution < -0.4 is 10.2 Å². The molecule has 1 amide bonds. The Balaban J connectivity index is 1.31. The number of rotatable bonds is 5. The molecular formula is C23H25FN4OS. The van der Waals surface area contributed by atoms with Crippen molar-refractivity contribution in [1.29, 1.82) is 0 Å². The van der Waals surface area contributed by atoms with Crippen LogP contribution in [0.25, 0.3) is 11.3 Å². The third-order valence-electron chi connectivity index (χ3n) is 5.39. The monoisotopic (exact) mass is 424 g/mol. The second kappa shape index (κ2) is 8.93. The van der Waals surface area contributed by atoms with Crippen LogP contribution in [0.5, 0.6) is 0 Å². The third kappa shape index (κ3) is 4.68. The van der Waals surface area contributed by atoms with E-state index in [1.54, 1.807) is 23.5 Å². The zero-order chi connectivity index (χ0) is 21.1. The average molecular weight is 425 g/mol. The van der Waals surface area contributed by atoms with E-state index in [2.05, 4.69) is 15.1 Å². The summed E-state index contributed by atoms with van der Waals surface area (Å²) in [5.41, 5.74) is 4.85. The number of thiazole rings is 1. The average Bonchev–Trinajstić information content (AvgIpc) is 3.22. The van der Waals surface area contributed by atoms with Crippen LogP contribution in [0.2, 0.25) is 0 Å². The highest BCUT2D eigenvalue weighted by molar-refractivity contribution is 7.14. The first-order chi connectivity index (χ1) is 14.5. The number of amides is 1. The largest absolute Gasteiger partial charge is 0.346 e. The zero-order valence-corrected chi connectivity index (χ0v) is 18.0. The Bertz CT molecular complexity index is 1010. The maximum Gasteiger partial charge on any atom is 0.238 e. The van der Waals surface area contributed by atoms with Gasteiger partial charge in [0.2, 0.25) is 5.91 Å². The summed E-state index contributed by atoms with van der Waals surface area (Å²) in [5.74, 6) is -0.222. The second-order valence-corrected chi connectivity index (χ2v) is 8.44. The minimum atomic E-state index is -0.244. The second-order valence-electron chi connectivity index (χ2n) is 7.60. The van der Waals surface area contributed by atoms with Gasteiger partial charge in [0.15, 0.2) is 5.13 Å². The smallest absolute Gasteiger partial charge is 0.238 e. The van der Waals surface area contributed by atoms with Gasteiger partial charge in [0.1, 0.15) is 5.82 Å². The molecule has 1 saturated heterocycles. The fourth-order valence-corrected chi connectivity index (χ4v) is 4.54. The molecule has 1 aliphatic heterocycles. The summed E-state index contributed by atoms with van der Waals surface area (Å²) in [6.45, 7) is 7.68. The van der Waals surface area contributed by atoms with Gasteiger partial charge in [-0.1, -0.05) is 18.2 Å². The summed E-state index contributed by atoms with van der Waals surface area (Å²) in [7, 11) is 0. The Morgan fingerprint density at radius 1 is 1.07 bits per heavy atom. The summed E-state index contributed by atoms with van der Waals surface area (Å²) in [4.78, 5) is 21.7. The molecule has 0 saturated carbocycles. The van der Waals surface area contributed by atoms with Crippen molar-refractivity contribution < 1.29 is 9.18 Å². The molecule has 3 aromatic rings. The zero-order valence-electron chi connectivity index (χ0n) is 17.2. The van der Waals surface area contributed by atoms with Crippen LogP contribution in [-0.2, 0) is 4.79 Å². The summed E-state index contributed by atoms with van der Waals surface area (Å²) in [6.07, 6.45) is 0. The van der Waals surface area contributed by atoms with Gasteiger partial charge in [-0.15, -0.1) is 11.3 Å². The molecule has 1 aliphatic rings. The Kier molecular flexibility index (Phi) is 6.11. The maximum absolute atomic E-state index is 13.1. The van der Waals surface area contributed by atoms with E-state index >= 15 is 0 Å². The van der Waals surface area contributed by atoms with Crippen LogP contribution in [0.15, 0.2) is 47.8 Å². The first kappa shape index (κ1) is 20.5. The lowest BCUT2D eigenvalue weighted by Crippen LogP contribution is -2.48. The molecule has 1 fully saturated rings. The molecule has 1 N–H and O–H groups in total. The normalized spacial score (nSPS) is 14.7. The van der Waals surface area contributed by atoms with Crippen LogP contribution in [-0.4, -0.2) is 48.5 Å². The number of piperazine rings is 1. The number of aryl methyl sites for hydroxylation is 2. The molecule has 2 heterocycles. The van der Waals surface area contributed by atoms with Crippen molar-refractivity contribution in [2.24, 2.45) is 0 Å². The number of nitrogens with zero attached hydrogens (tertiary/aromatic N) is 3. The summed E-state index contributed by atoms with van der Waals surface area (Å²) in [6, 6.07) is 12.4. The van der Waals surface area contributed by atoms with Gasteiger partial charge >= 0.3 is 0 Å². The fraction of sp³-hybridized carbons (Fsp3) is 0.304. The van der Waals surface area contributed by atoms with Crippen LogP contribution in [0.4, 0.5) is 15.2 Å². The Labute approximate surface area is 180 Å². The molecule has 30 heavy (non-hydrogen) atoms. The molecule has 1 aromatic heterocycles. The van der Waals surface area contributed by atoms with E-state index in [-0.39, 0.29) is 11.7 Å². The molecule has 2 aromatic carbocycles. The fourth-order valence-electron chi connectivity index (χ4n) is 3.65. The van der Waals surface area contributed by atoms with Gasteiger partial charge in [0.25, 0.3) is 0 Å². The van der Waals surface area contributed by atoms with Gasteiger partial charge in [-0.2, -0.15) is 0 Å². The van der Waals surface area contributed by atoms with Gasteiger partial charge in [-0.3, -0.25) is 9.69 Å². The molecule has 0 radical (unpaired) electrons. The Morgan fingerprint density at radius 3 is 2.40 bits per heavy atom. The van der Waals surface area contributed by atoms with Crippen LogP contribution in [0.3, 0.4) is 0 Å². The molecule has 156 valence electrons. The number of anilines is 2. The van der Waals surface area contributed by atoms with Crippen molar-refractivity contribution in [2.75, 3.05) is 42.9 Å². The number of carbonyl (C=O) groups excluding carboxylic acids is 1. The van der Waals surface area contributed by atoms with E-state index in [1.165, 1.54) is 12.1 Å². The van der Waals surface area contributed by atoms with Crippen molar-refractivity contribution >= 4 is 28.1 Å². The summed E-state index contributed by atoms with van der Waals surface area (Å²) >= 11 is 1.60. The van der Waals surface area contributed by atoms with Crippen LogP contribution in [0.1, 0.15) is 11.1 Å². The van der Waals surface area contributed by atoms with Crippen LogP contribution >= 0.6 is 11.3 Å². The molecule has 5 nitrogen and oxygen atoms in total. The van der Waals surface area contributed by atoms with E-state index in [1.807, 2.05) is 37.4 Å². The minimum absolute atomic E-state index is 0.0219. The van der Waals surface area contributed by atoms with E-state index in [4.69, 9.17) is 4.98 Å². The summed E-state index contributed by atoms with van der Waals surface area (Å²) in [5, 5.41) is 6.04. The molecular weight excluding hydrogens is 399 g/mol. The Hall–Kier alpha value is -2.77. The van der Waals surface area contributed by atoms with Gasteiger partial charge in [0, 0.05) is 42.8 Å². The molecule has 0 aliphatic carbocycles. The quantitative estimate of drug-likeness (QED) is 0.663. The minimum Gasteiger partial charge on any atom is -0.346 e. The van der Waals surface area contributed by atoms with Crippen molar-refractivity contribution in [3.63, 3.8) is 0 Å². The number of nitrogens with one attached hydrogen (secondary N) is 1. The highest BCUT2D eigenvalue weighted by Gasteiger charge is 2.21. The highest BCUT2D eigenvalue weighted by Crippen LogP contribution is 2.28. The van der Waals surface area contributed by atoms with Crippen molar-refractivity contribution in [1.82, 2.24) is 9.88 Å². The predicted octanol–water partition coefficient (Wildman–Crippen LogP) is 4.33. The van der Waals surface area contributed by atoms with E-state index < -0.39 is 0 Å². The number of hydrogen-bond acceptors (Lipinski definition) is 5. The number of carbonyl (C=O) groups is 1. The van der Waals surface area contributed by atoms with E-state index in [0.29, 0.717) is 6.54 Å². The first-order valence-corrected chi connectivity index (χ1v) is 10.9. The number of benzene rings is 2. The van der Waals surface area contributed by atoms with Gasteiger partial charge < -0.3 is 10.2 Å². The molecule has 0 unspecified atom stereocenters. The van der Waals surface area contributed by atoms with E-state index in [9.17, 15) is 9.18 Å². The molecule has 0 bridgehead atoms. The van der Waals surface area contributed by atoms with Crippen molar-refractivity contribution in [2.45, 2.75) is 13.8 Å².